The van der Waals surface area contributed by atoms with Gasteiger partial charge in [0.2, 0.25) is 0 Å². The van der Waals surface area contributed by atoms with Crippen molar-refractivity contribution in [2.75, 3.05) is 11.8 Å². The molecule has 2 nitrogen and oxygen atoms in total. The van der Waals surface area contributed by atoms with Crippen LogP contribution in [0.25, 0.3) is 0 Å². The van der Waals surface area contributed by atoms with Crippen LogP contribution in [-0.4, -0.2) is 23.8 Å². The minimum Gasteiger partial charge on any atom is -0.327 e. The first-order chi connectivity index (χ1) is 9.08. The van der Waals surface area contributed by atoms with Crippen LogP contribution in [0.1, 0.15) is 57.8 Å². The lowest BCUT2D eigenvalue weighted by Gasteiger charge is -2.51. The van der Waals surface area contributed by atoms with Crippen molar-refractivity contribution in [3.05, 3.63) is 0 Å². The third kappa shape index (κ3) is 3.07. The number of hydrogen-bond acceptors (Lipinski definition) is 2. The predicted octanol–water partition coefficient (Wildman–Crippen LogP) is 3.63. The van der Waals surface area contributed by atoms with E-state index in [0.29, 0.717) is 11.8 Å². The normalized spacial score (nSPS) is 44.2. The smallest absolute Gasteiger partial charge is 0.0295 e. The highest BCUT2D eigenvalue weighted by molar-refractivity contribution is 6.19. The second-order valence-electron chi connectivity index (χ2n) is 6.87. The molecule has 4 atom stereocenters. The molecule has 4 unspecified atom stereocenters. The first kappa shape index (κ1) is 15.9. The maximum atomic E-state index is 6.43. The van der Waals surface area contributed by atoms with Crippen molar-refractivity contribution in [2.45, 2.75) is 69.9 Å². The Morgan fingerprint density at radius 2 is 1.21 bits per heavy atom. The van der Waals surface area contributed by atoms with Gasteiger partial charge < -0.3 is 11.5 Å². The summed E-state index contributed by atoms with van der Waals surface area (Å²) < 4.78 is 0. The fourth-order valence-corrected chi connectivity index (χ4v) is 5.08. The van der Waals surface area contributed by atoms with Crippen LogP contribution in [0.2, 0.25) is 0 Å². The highest BCUT2D eigenvalue weighted by atomic mass is 35.5. The summed E-state index contributed by atoms with van der Waals surface area (Å²) in [4.78, 5) is 0. The Hall–Kier alpha value is 0.500. The molecule has 0 heterocycles. The number of alkyl halides is 2. The van der Waals surface area contributed by atoms with Crippen molar-refractivity contribution >= 4 is 23.2 Å². The van der Waals surface area contributed by atoms with E-state index in [-0.39, 0.29) is 22.9 Å². The summed E-state index contributed by atoms with van der Waals surface area (Å²) in [5, 5.41) is 0. The number of hydrogen-bond donors (Lipinski definition) is 2. The molecular formula is C15H28Cl2N2. The molecule has 2 aliphatic rings. The molecule has 4 N–H and O–H groups in total. The zero-order valence-corrected chi connectivity index (χ0v) is 13.4. The quantitative estimate of drug-likeness (QED) is 0.779. The van der Waals surface area contributed by atoms with Gasteiger partial charge in [-0.05, 0) is 42.9 Å². The van der Waals surface area contributed by atoms with Gasteiger partial charge in [0.1, 0.15) is 0 Å². The lowest BCUT2D eigenvalue weighted by molar-refractivity contribution is 0.0563. The van der Waals surface area contributed by atoms with Gasteiger partial charge in [0.25, 0.3) is 0 Å². The molecule has 19 heavy (non-hydrogen) atoms. The maximum Gasteiger partial charge on any atom is 0.0295 e. The van der Waals surface area contributed by atoms with Crippen molar-refractivity contribution in [3.63, 3.8) is 0 Å². The number of rotatable bonds is 4. The van der Waals surface area contributed by atoms with E-state index in [9.17, 15) is 0 Å². The van der Waals surface area contributed by atoms with Gasteiger partial charge in [-0.2, -0.15) is 0 Å². The summed E-state index contributed by atoms with van der Waals surface area (Å²) in [5.74, 6) is 1.30. The van der Waals surface area contributed by atoms with E-state index in [0.717, 1.165) is 32.1 Å². The average Bonchev–Trinajstić information content (AvgIpc) is 2.44. The van der Waals surface area contributed by atoms with E-state index in [4.69, 9.17) is 34.7 Å². The standard InChI is InChI=1S/C15H28Cl2N2/c16-10-14(7-3-1-5-12(14)18)9-15(11-17)8-4-2-6-13(15)19/h12-13H,1-11,18-19H2. The van der Waals surface area contributed by atoms with Gasteiger partial charge in [0.05, 0.1) is 0 Å². The highest BCUT2D eigenvalue weighted by Gasteiger charge is 2.48. The first-order valence-electron chi connectivity index (χ1n) is 7.72. The molecule has 2 saturated carbocycles. The lowest BCUT2D eigenvalue weighted by Crippen LogP contribution is -2.54. The van der Waals surface area contributed by atoms with E-state index >= 15 is 0 Å². The Kier molecular flexibility index (Phi) is 5.44. The van der Waals surface area contributed by atoms with Crippen LogP contribution < -0.4 is 11.5 Å². The highest BCUT2D eigenvalue weighted by Crippen LogP contribution is 2.50. The second-order valence-corrected chi connectivity index (χ2v) is 7.41. The van der Waals surface area contributed by atoms with Crippen LogP contribution in [0.3, 0.4) is 0 Å². The molecule has 0 aromatic heterocycles. The fourth-order valence-electron chi connectivity index (χ4n) is 4.23. The van der Waals surface area contributed by atoms with Crippen LogP contribution in [0.5, 0.6) is 0 Å². The Balaban J connectivity index is 2.19. The Labute approximate surface area is 127 Å². The lowest BCUT2D eigenvalue weighted by atomic mass is 9.58. The summed E-state index contributed by atoms with van der Waals surface area (Å²) >= 11 is 12.7. The zero-order valence-electron chi connectivity index (χ0n) is 11.8. The molecule has 2 fully saturated rings. The topological polar surface area (TPSA) is 52.0 Å². The molecule has 0 aromatic carbocycles. The molecule has 4 heteroatoms. The van der Waals surface area contributed by atoms with E-state index < -0.39 is 0 Å². The molecule has 112 valence electrons. The SMILES string of the molecule is NC1CCCCC1(CCl)CC1(CCl)CCCCC1N. The third-order valence-electron chi connectivity index (χ3n) is 5.69. The van der Waals surface area contributed by atoms with E-state index in [2.05, 4.69) is 0 Å². The summed E-state index contributed by atoms with van der Waals surface area (Å²) in [6, 6.07) is 0.431. The van der Waals surface area contributed by atoms with Gasteiger partial charge >= 0.3 is 0 Å². The van der Waals surface area contributed by atoms with E-state index in [1.807, 2.05) is 0 Å². The van der Waals surface area contributed by atoms with E-state index in [1.54, 1.807) is 0 Å². The Bertz CT molecular complexity index is 272. The maximum absolute atomic E-state index is 6.43. The average molecular weight is 307 g/mol. The second kappa shape index (κ2) is 6.51. The molecule has 0 spiro atoms. The number of halogens is 2. The van der Waals surface area contributed by atoms with Gasteiger partial charge in [-0.1, -0.05) is 25.7 Å². The zero-order chi connectivity index (χ0) is 13.9. The van der Waals surface area contributed by atoms with Crippen molar-refractivity contribution in [1.82, 2.24) is 0 Å². The third-order valence-corrected chi connectivity index (χ3v) is 6.75. The monoisotopic (exact) mass is 306 g/mol. The van der Waals surface area contributed by atoms with Gasteiger partial charge in [0.15, 0.2) is 0 Å². The molecule has 0 radical (unpaired) electrons. The van der Waals surface area contributed by atoms with Crippen molar-refractivity contribution in [3.8, 4) is 0 Å². The molecule has 0 aliphatic heterocycles. The van der Waals surface area contributed by atoms with Gasteiger partial charge in [-0.3, -0.25) is 0 Å². The number of nitrogens with two attached hydrogens (primary N) is 2. The van der Waals surface area contributed by atoms with Crippen molar-refractivity contribution in [1.29, 1.82) is 0 Å². The summed E-state index contributed by atoms with van der Waals surface area (Å²) in [7, 11) is 0. The van der Waals surface area contributed by atoms with Crippen molar-refractivity contribution < 1.29 is 0 Å². The van der Waals surface area contributed by atoms with E-state index in [1.165, 1.54) is 25.7 Å². The molecule has 0 saturated heterocycles. The van der Waals surface area contributed by atoms with Gasteiger partial charge in [-0.25, -0.2) is 0 Å². The van der Waals surface area contributed by atoms with Gasteiger partial charge in [-0.15, -0.1) is 23.2 Å². The molecule has 0 aromatic rings. The van der Waals surface area contributed by atoms with Gasteiger partial charge in [0, 0.05) is 23.8 Å². The largest absolute Gasteiger partial charge is 0.327 e. The molecular weight excluding hydrogens is 279 g/mol. The van der Waals surface area contributed by atoms with Crippen LogP contribution in [0.15, 0.2) is 0 Å². The molecule has 2 rings (SSSR count). The minimum absolute atomic E-state index is 0.0592. The summed E-state index contributed by atoms with van der Waals surface area (Å²) in [6.07, 6.45) is 10.5. The molecule has 2 aliphatic carbocycles. The first-order valence-corrected chi connectivity index (χ1v) is 8.79. The fraction of sp³-hybridized carbons (Fsp3) is 1.00. The molecule has 0 bridgehead atoms. The predicted molar refractivity (Wildman–Crippen MR) is 83.8 cm³/mol. The van der Waals surface area contributed by atoms with Crippen molar-refractivity contribution in [2.24, 2.45) is 22.3 Å². The van der Waals surface area contributed by atoms with Crippen LogP contribution >= 0.6 is 23.2 Å². The van der Waals surface area contributed by atoms with Crippen LogP contribution in [-0.2, 0) is 0 Å². The van der Waals surface area contributed by atoms with Crippen LogP contribution in [0.4, 0.5) is 0 Å². The molecule has 0 amide bonds. The summed E-state index contributed by atoms with van der Waals surface area (Å²) in [5.41, 5.74) is 13.0. The van der Waals surface area contributed by atoms with Crippen LogP contribution in [0, 0.1) is 10.8 Å². The Morgan fingerprint density at radius 1 is 0.789 bits per heavy atom. The minimum atomic E-state index is 0.0592. The summed E-state index contributed by atoms with van der Waals surface area (Å²) in [6.45, 7) is 0. The Morgan fingerprint density at radius 3 is 1.53 bits per heavy atom.